The van der Waals surface area contributed by atoms with E-state index in [4.69, 9.17) is 21.2 Å². The molecular formula is C14H14ClN2O4P. The zero-order valence-electron chi connectivity index (χ0n) is 11.9. The van der Waals surface area contributed by atoms with Crippen LogP contribution in [-0.4, -0.2) is 22.1 Å². The van der Waals surface area contributed by atoms with Gasteiger partial charge in [0, 0.05) is 5.39 Å². The summed E-state index contributed by atoms with van der Waals surface area (Å²) in [5, 5.41) is 10.2. The van der Waals surface area contributed by atoms with Gasteiger partial charge in [-0.1, -0.05) is 30.2 Å². The maximum Gasteiger partial charge on any atom is 0.395 e. The molecule has 116 valence electrons. The number of pyridine rings is 1. The molecule has 0 aliphatic rings. The zero-order valence-corrected chi connectivity index (χ0v) is 13.6. The van der Waals surface area contributed by atoms with Gasteiger partial charge >= 0.3 is 14.1 Å². The van der Waals surface area contributed by atoms with Crippen molar-refractivity contribution >= 4 is 36.6 Å². The lowest BCUT2D eigenvalue weighted by molar-refractivity contribution is -0.169. The fraction of sp³-hybridized carbons (Fsp3) is 0.286. The Hall–Kier alpha value is -1.75. The molecule has 1 heterocycles. The predicted octanol–water partition coefficient (Wildman–Crippen LogP) is 3.23. The molecule has 0 amide bonds. The van der Waals surface area contributed by atoms with Crippen LogP contribution in [0.4, 0.5) is 0 Å². The molecule has 0 radical (unpaired) electrons. The van der Waals surface area contributed by atoms with Crippen molar-refractivity contribution in [1.29, 1.82) is 0 Å². The lowest BCUT2D eigenvalue weighted by Gasteiger charge is -2.08. The molecule has 0 fully saturated rings. The third kappa shape index (κ3) is 4.13. The lowest BCUT2D eigenvalue weighted by Crippen LogP contribution is -2.24. The molecule has 0 spiro atoms. The number of carbonyl (C=O) groups is 1. The van der Waals surface area contributed by atoms with Crippen LogP contribution in [0.5, 0.6) is 5.75 Å². The van der Waals surface area contributed by atoms with Crippen molar-refractivity contribution in [3.05, 3.63) is 35.5 Å². The van der Waals surface area contributed by atoms with Crippen LogP contribution >= 0.6 is 19.8 Å². The van der Waals surface area contributed by atoms with Gasteiger partial charge in [0.1, 0.15) is 5.15 Å². The third-order valence-electron chi connectivity index (χ3n) is 2.91. The molecule has 8 heteroatoms. The third-order valence-corrected chi connectivity index (χ3v) is 3.93. The first-order chi connectivity index (χ1) is 10.4. The van der Waals surface area contributed by atoms with Crippen LogP contribution < -0.4 is 9.42 Å². The molecule has 0 saturated carbocycles. The largest absolute Gasteiger partial charge is 0.575 e. The van der Waals surface area contributed by atoms with Gasteiger partial charge in [-0.15, -0.1) is 0 Å². The first-order valence-corrected chi connectivity index (χ1v) is 8.03. The van der Waals surface area contributed by atoms with Crippen molar-refractivity contribution in [1.82, 2.24) is 4.98 Å². The number of fused-ring (bicyclic) bond motifs is 1. The minimum absolute atomic E-state index is 0.275. The monoisotopic (exact) mass is 340 g/mol. The first-order valence-electron chi connectivity index (χ1n) is 6.52. The van der Waals surface area contributed by atoms with E-state index in [1.807, 2.05) is 0 Å². The summed E-state index contributed by atoms with van der Waals surface area (Å²) < 4.78 is 8.92. The van der Waals surface area contributed by atoms with Gasteiger partial charge in [0.05, 0.1) is 5.52 Å². The topological polar surface area (TPSA) is 94.8 Å². The van der Waals surface area contributed by atoms with Crippen molar-refractivity contribution in [3.63, 3.8) is 0 Å². The molecule has 22 heavy (non-hydrogen) atoms. The Kier molecular flexibility index (Phi) is 5.29. The molecule has 2 aromatic rings. The van der Waals surface area contributed by atoms with E-state index in [0.717, 1.165) is 5.39 Å². The number of benzene rings is 1. The molecule has 2 atom stereocenters. The van der Waals surface area contributed by atoms with E-state index in [2.05, 4.69) is 9.73 Å². The Labute approximate surface area is 133 Å². The van der Waals surface area contributed by atoms with E-state index in [9.17, 15) is 9.69 Å². The highest BCUT2D eigenvalue weighted by Gasteiger charge is 2.25. The maximum atomic E-state index is 11.9. The lowest BCUT2D eigenvalue weighted by atomic mass is 10.1. The van der Waals surface area contributed by atoms with Gasteiger partial charge in [0.2, 0.25) is 0 Å². The molecule has 2 rings (SSSR count). The van der Waals surface area contributed by atoms with Crippen molar-refractivity contribution in [3.8, 4) is 5.75 Å². The van der Waals surface area contributed by atoms with E-state index < -0.39 is 20.2 Å². The molecule has 2 unspecified atom stereocenters. The Morgan fingerprint density at radius 1 is 1.41 bits per heavy atom. The van der Waals surface area contributed by atoms with Crippen LogP contribution in [-0.2, 0) is 4.79 Å². The number of halogens is 1. The number of aromatic nitrogens is 1. The summed E-state index contributed by atoms with van der Waals surface area (Å²) in [6, 6.07) is 7.24. The normalized spacial score (nSPS) is 13.4. The van der Waals surface area contributed by atoms with Crippen LogP contribution in [0.1, 0.15) is 13.8 Å². The SMILES string of the molecule is CC(C)C(/N=[P+](\[O-])Oc1ccc2nc(Cl)ccc2c1)C(=O)O. The number of rotatable bonds is 5. The van der Waals surface area contributed by atoms with E-state index in [1.54, 1.807) is 44.2 Å². The second-order valence-electron chi connectivity index (χ2n) is 4.96. The second kappa shape index (κ2) is 7.01. The second-order valence-corrected chi connectivity index (χ2v) is 6.24. The first kappa shape index (κ1) is 16.6. The maximum absolute atomic E-state index is 11.9. The Balaban J connectivity index is 2.22. The van der Waals surface area contributed by atoms with Gasteiger partial charge in [0.15, 0.2) is 11.8 Å². The molecule has 0 bridgehead atoms. The average molecular weight is 341 g/mol. The van der Waals surface area contributed by atoms with Crippen LogP contribution in [0.15, 0.2) is 35.1 Å². The number of carboxylic acids is 1. The summed E-state index contributed by atoms with van der Waals surface area (Å²) in [5.74, 6) is -1.07. The fourth-order valence-electron chi connectivity index (χ4n) is 1.82. The number of hydrogen-bond donors (Lipinski definition) is 1. The van der Waals surface area contributed by atoms with E-state index in [0.29, 0.717) is 16.4 Å². The average Bonchev–Trinajstić information content (AvgIpc) is 2.44. The predicted molar refractivity (Wildman–Crippen MR) is 83.0 cm³/mol. The van der Waals surface area contributed by atoms with Crippen LogP contribution in [0.25, 0.3) is 10.9 Å². The smallest absolute Gasteiger partial charge is 0.395 e. The van der Waals surface area contributed by atoms with Gasteiger partial charge < -0.3 is 10.00 Å². The standard InChI is InChI=1S/C14H14ClN2O4P/c1-8(2)13(14(18)19)17-22(20)21-10-4-5-11-9(7-10)3-6-12(15)16-11/h3-8,13H,1-2H3,(H,18,19). The Morgan fingerprint density at radius 3 is 2.77 bits per heavy atom. The van der Waals surface area contributed by atoms with E-state index >= 15 is 0 Å². The van der Waals surface area contributed by atoms with E-state index in [-0.39, 0.29) is 5.92 Å². The molecule has 0 aliphatic carbocycles. The van der Waals surface area contributed by atoms with Crippen molar-refractivity contribution < 1.29 is 19.3 Å². The quantitative estimate of drug-likeness (QED) is 0.666. The molecule has 6 nitrogen and oxygen atoms in total. The van der Waals surface area contributed by atoms with E-state index in [1.165, 1.54) is 0 Å². The molecule has 1 aromatic carbocycles. The number of aliphatic carboxylic acids is 1. The van der Waals surface area contributed by atoms with Gasteiger partial charge in [-0.05, 0) is 36.2 Å². The molecular weight excluding hydrogens is 327 g/mol. The van der Waals surface area contributed by atoms with Crippen molar-refractivity contribution in [2.45, 2.75) is 19.9 Å². The van der Waals surface area contributed by atoms with Gasteiger partial charge in [0.25, 0.3) is 0 Å². The number of carboxylic acid groups (broad SMARTS) is 1. The van der Waals surface area contributed by atoms with Crippen molar-refractivity contribution in [2.75, 3.05) is 0 Å². The molecule has 1 aromatic heterocycles. The van der Waals surface area contributed by atoms with Gasteiger partial charge in [-0.25, -0.2) is 9.78 Å². The van der Waals surface area contributed by atoms with Crippen LogP contribution in [0, 0.1) is 5.92 Å². The summed E-state index contributed by atoms with van der Waals surface area (Å²) in [6.07, 6.45) is 0. The summed E-state index contributed by atoms with van der Waals surface area (Å²) >= 11 is 5.80. The highest BCUT2D eigenvalue weighted by atomic mass is 35.5. The van der Waals surface area contributed by atoms with Gasteiger partial charge in [-0.3, -0.25) is 4.52 Å². The summed E-state index contributed by atoms with van der Waals surface area (Å²) in [6.45, 7) is 3.38. The molecule has 0 saturated heterocycles. The summed E-state index contributed by atoms with van der Waals surface area (Å²) in [4.78, 5) is 27.0. The fourth-order valence-corrected chi connectivity index (χ4v) is 2.88. The highest BCUT2D eigenvalue weighted by Crippen LogP contribution is 2.28. The summed E-state index contributed by atoms with van der Waals surface area (Å²) in [7, 11) is -2.48. The zero-order chi connectivity index (χ0) is 16.3. The van der Waals surface area contributed by atoms with Gasteiger partial charge in [-0.2, -0.15) is 0 Å². The van der Waals surface area contributed by atoms with Crippen LogP contribution in [0.3, 0.4) is 0 Å². The summed E-state index contributed by atoms with van der Waals surface area (Å²) in [5.41, 5.74) is 0.678. The molecule has 1 N–H and O–H groups in total. The van der Waals surface area contributed by atoms with Crippen LogP contribution in [0.2, 0.25) is 5.15 Å². The minimum atomic E-state index is -2.48. The number of nitrogens with zero attached hydrogens (tertiary/aromatic N) is 2. The molecule has 0 aliphatic heterocycles. The highest BCUT2D eigenvalue weighted by molar-refractivity contribution is 7.34. The van der Waals surface area contributed by atoms with Crippen molar-refractivity contribution in [2.24, 2.45) is 10.7 Å². The minimum Gasteiger partial charge on any atom is -0.575 e. The Morgan fingerprint density at radius 2 is 2.14 bits per heavy atom. The number of hydrogen-bond acceptors (Lipinski definition) is 5. The Bertz CT molecular complexity index is 736.